The molecule has 3 rings (SSSR count). The van der Waals surface area contributed by atoms with E-state index in [1.807, 2.05) is 30.3 Å². The van der Waals surface area contributed by atoms with Crippen molar-refractivity contribution in [2.45, 2.75) is 12.5 Å². The number of amides is 1. The number of esters is 1. The maximum absolute atomic E-state index is 11.6. The quantitative estimate of drug-likeness (QED) is 0.469. The highest BCUT2D eigenvalue weighted by molar-refractivity contribution is 9.10. The fraction of sp³-hybridized carbons (Fsp3) is 0.200. The molecule has 1 heterocycles. The number of methoxy groups -OCH3 is 1. The van der Waals surface area contributed by atoms with Crippen molar-refractivity contribution >= 4 is 39.6 Å². The van der Waals surface area contributed by atoms with Crippen LogP contribution in [-0.4, -0.2) is 30.9 Å². The molecule has 134 valence electrons. The maximum atomic E-state index is 11.6. The minimum atomic E-state index is -0.384. The van der Waals surface area contributed by atoms with Crippen molar-refractivity contribution in [3.63, 3.8) is 0 Å². The lowest BCUT2D eigenvalue weighted by atomic mass is 9.91. The van der Waals surface area contributed by atoms with Gasteiger partial charge in [0.05, 0.1) is 18.7 Å². The molecule has 2 N–H and O–H groups in total. The number of nitrogens with zero attached hydrogens (tertiary/aromatic N) is 1. The molecule has 6 heteroatoms. The topological polar surface area (TPSA) is 72.6 Å². The highest BCUT2D eigenvalue weighted by Crippen LogP contribution is 2.35. The highest BCUT2D eigenvalue weighted by atomic mass is 79.9. The zero-order valence-corrected chi connectivity index (χ0v) is 15.9. The molecule has 0 fully saturated rings. The number of hydrogen-bond acceptors (Lipinski definition) is 4. The number of carbonyl (C=O) groups is 2. The zero-order chi connectivity index (χ0) is 18.7. The fourth-order valence-corrected chi connectivity index (χ4v) is 3.49. The normalized spacial score (nSPS) is 16.8. The van der Waals surface area contributed by atoms with Crippen molar-refractivity contribution < 1.29 is 14.3 Å². The van der Waals surface area contributed by atoms with Gasteiger partial charge in [0.25, 0.3) is 0 Å². The summed E-state index contributed by atoms with van der Waals surface area (Å²) in [4.78, 5) is 24.9. The summed E-state index contributed by atoms with van der Waals surface area (Å²) in [6.45, 7) is 0.602. The number of hydrogen-bond donors (Lipinski definition) is 1. The molecule has 0 aromatic heterocycles. The zero-order valence-electron chi connectivity index (χ0n) is 14.3. The van der Waals surface area contributed by atoms with Crippen LogP contribution < -0.4 is 5.73 Å². The maximum Gasteiger partial charge on any atom is 0.337 e. The van der Waals surface area contributed by atoms with Crippen molar-refractivity contribution in [2.75, 3.05) is 19.4 Å². The Balaban J connectivity index is 1.98. The molecule has 1 atom stereocenters. The number of carbonyl (C=O) groups excluding carboxylic acids is 2. The van der Waals surface area contributed by atoms with Gasteiger partial charge in [-0.3, -0.25) is 4.79 Å². The van der Waals surface area contributed by atoms with Gasteiger partial charge in [0, 0.05) is 22.3 Å². The lowest BCUT2D eigenvalue weighted by Crippen LogP contribution is -2.30. The van der Waals surface area contributed by atoms with E-state index in [4.69, 9.17) is 10.5 Å². The molecule has 0 bridgehead atoms. The number of halogens is 1. The second-order valence-electron chi connectivity index (χ2n) is 6.08. The third-order valence-corrected chi connectivity index (χ3v) is 5.02. The first-order chi connectivity index (χ1) is 12.5. The number of benzene rings is 2. The molecule has 0 radical (unpaired) electrons. The van der Waals surface area contributed by atoms with Gasteiger partial charge in [0.15, 0.2) is 0 Å². The van der Waals surface area contributed by atoms with E-state index in [2.05, 4.69) is 22.0 Å². The van der Waals surface area contributed by atoms with E-state index < -0.39 is 0 Å². The molecule has 0 saturated heterocycles. The van der Waals surface area contributed by atoms with Gasteiger partial charge < -0.3 is 15.4 Å². The Labute approximate surface area is 160 Å². The first-order valence-electron chi connectivity index (χ1n) is 8.19. The largest absolute Gasteiger partial charge is 0.465 e. The molecule has 0 spiro atoms. The number of rotatable bonds is 4. The minimum Gasteiger partial charge on any atom is -0.465 e. The van der Waals surface area contributed by atoms with Crippen molar-refractivity contribution in [1.82, 2.24) is 4.90 Å². The lowest BCUT2D eigenvalue weighted by molar-refractivity contribution is -0.119. The molecule has 26 heavy (non-hydrogen) atoms. The van der Waals surface area contributed by atoms with Gasteiger partial charge >= 0.3 is 5.97 Å². The molecular formula is C20H19BrN2O3. The van der Waals surface area contributed by atoms with Crippen LogP contribution in [0, 0.1) is 0 Å². The SMILES string of the molecule is COC(=O)c1ccc(C2C=C(c3cc(Br)ccc3N)CCN2C=O)cc1. The highest BCUT2D eigenvalue weighted by Gasteiger charge is 2.24. The first-order valence-corrected chi connectivity index (χ1v) is 8.98. The van der Waals surface area contributed by atoms with Crippen molar-refractivity contribution in [2.24, 2.45) is 0 Å². The minimum absolute atomic E-state index is 0.207. The van der Waals surface area contributed by atoms with Crippen LogP contribution in [0.5, 0.6) is 0 Å². The third kappa shape index (κ3) is 3.65. The average molecular weight is 415 g/mol. The molecule has 1 aliphatic rings. The first kappa shape index (κ1) is 18.2. The lowest BCUT2D eigenvalue weighted by Gasteiger charge is -2.32. The van der Waals surface area contributed by atoms with E-state index in [1.54, 1.807) is 17.0 Å². The molecule has 0 saturated carbocycles. The second-order valence-corrected chi connectivity index (χ2v) is 6.99. The number of nitrogens with two attached hydrogens (primary N) is 1. The van der Waals surface area contributed by atoms with Gasteiger partial charge in [-0.05, 0) is 47.9 Å². The smallest absolute Gasteiger partial charge is 0.337 e. The summed E-state index contributed by atoms with van der Waals surface area (Å²) >= 11 is 3.48. The molecular weight excluding hydrogens is 396 g/mol. The van der Waals surface area contributed by atoms with Crippen LogP contribution >= 0.6 is 15.9 Å². The van der Waals surface area contributed by atoms with Gasteiger partial charge in [-0.2, -0.15) is 0 Å². The summed E-state index contributed by atoms with van der Waals surface area (Å²) < 4.78 is 5.69. The van der Waals surface area contributed by atoms with E-state index in [1.165, 1.54) is 7.11 Å². The van der Waals surface area contributed by atoms with Crippen molar-refractivity contribution in [3.05, 3.63) is 69.7 Å². The molecule has 2 aromatic carbocycles. The van der Waals surface area contributed by atoms with Crippen LogP contribution in [0.3, 0.4) is 0 Å². The van der Waals surface area contributed by atoms with Gasteiger partial charge in [-0.1, -0.05) is 34.1 Å². The Morgan fingerprint density at radius 3 is 2.65 bits per heavy atom. The van der Waals surface area contributed by atoms with Crippen LogP contribution in [0.4, 0.5) is 5.69 Å². The van der Waals surface area contributed by atoms with Gasteiger partial charge in [0.2, 0.25) is 6.41 Å². The van der Waals surface area contributed by atoms with Crippen LogP contribution in [-0.2, 0) is 9.53 Å². The van der Waals surface area contributed by atoms with Crippen molar-refractivity contribution in [1.29, 1.82) is 0 Å². The summed E-state index contributed by atoms with van der Waals surface area (Å²) in [6.07, 6.45) is 3.65. The average Bonchev–Trinajstić information content (AvgIpc) is 2.69. The van der Waals surface area contributed by atoms with Gasteiger partial charge in [0.1, 0.15) is 0 Å². The molecule has 1 unspecified atom stereocenters. The van der Waals surface area contributed by atoms with Crippen LogP contribution in [0.15, 0.2) is 53.0 Å². The van der Waals surface area contributed by atoms with E-state index in [0.717, 1.165) is 34.0 Å². The molecule has 1 amide bonds. The predicted molar refractivity (Wildman–Crippen MR) is 104 cm³/mol. The molecule has 5 nitrogen and oxygen atoms in total. The standard InChI is InChI=1S/C20H19BrN2O3/c1-26-20(25)14-4-2-13(3-5-14)19-10-15(8-9-23(19)12-24)17-11-16(21)6-7-18(17)22/h2-7,10-12,19H,8-9,22H2,1H3. The predicted octanol–water partition coefficient (Wildman–Crippen LogP) is 3.80. The Morgan fingerprint density at radius 2 is 2.00 bits per heavy atom. The summed E-state index contributed by atoms with van der Waals surface area (Å²) in [5.41, 5.74) is 10.3. The number of ether oxygens (including phenoxy) is 1. The van der Waals surface area contributed by atoms with Crippen LogP contribution in [0.25, 0.3) is 5.57 Å². The Kier molecular flexibility index (Phi) is 5.42. The monoisotopic (exact) mass is 414 g/mol. The second kappa shape index (κ2) is 7.74. The Morgan fingerprint density at radius 1 is 1.27 bits per heavy atom. The molecule has 0 aliphatic carbocycles. The van der Waals surface area contributed by atoms with Gasteiger partial charge in [-0.25, -0.2) is 4.79 Å². The Bertz CT molecular complexity index is 862. The summed E-state index contributed by atoms with van der Waals surface area (Å²) in [5.74, 6) is -0.384. The molecule has 2 aromatic rings. The molecule has 1 aliphatic heterocycles. The summed E-state index contributed by atoms with van der Waals surface area (Å²) in [7, 11) is 1.35. The summed E-state index contributed by atoms with van der Waals surface area (Å²) in [6, 6.07) is 12.7. The summed E-state index contributed by atoms with van der Waals surface area (Å²) in [5, 5.41) is 0. The number of nitrogen functional groups attached to an aromatic ring is 1. The third-order valence-electron chi connectivity index (χ3n) is 4.53. The van der Waals surface area contributed by atoms with E-state index in [9.17, 15) is 9.59 Å². The van der Waals surface area contributed by atoms with E-state index in [0.29, 0.717) is 17.8 Å². The van der Waals surface area contributed by atoms with Crippen LogP contribution in [0.1, 0.15) is 33.9 Å². The fourth-order valence-electron chi connectivity index (χ4n) is 3.13. The Hall–Kier alpha value is -2.60. The van der Waals surface area contributed by atoms with Gasteiger partial charge in [-0.15, -0.1) is 0 Å². The number of anilines is 1. The van der Waals surface area contributed by atoms with Crippen LogP contribution in [0.2, 0.25) is 0 Å². The van der Waals surface area contributed by atoms with E-state index in [-0.39, 0.29) is 12.0 Å². The van der Waals surface area contributed by atoms with Crippen molar-refractivity contribution in [3.8, 4) is 0 Å². The van der Waals surface area contributed by atoms with E-state index >= 15 is 0 Å².